The molecule has 15 rings (SSSR count). The summed E-state index contributed by atoms with van der Waals surface area (Å²) < 4.78 is 188. The maximum absolute atomic E-state index is 13.4. The summed E-state index contributed by atoms with van der Waals surface area (Å²) in [7, 11) is 0. The molecule has 590 valence electrons. The second-order valence-electron chi connectivity index (χ2n) is 24.0. The van der Waals surface area contributed by atoms with Gasteiger partial charge < -0.3 is 73.2 Å². The van der Waals surface area contributed by atoms with Gasteiger partial charge in [-0.05, 0) is 285 Å². The number of phenols is 5. The average Bonchev–Trinajstić information content (AvgIpc) is 1.68. The molecular formula is C85H60Br10O20. The van der Waals surface area contributed by atoms with Gasteiger partial charge in [-0.3, -0.25) is 24.0 Å². The van der Waals surface area contributed by atoms with Gasteiger partial charge in [-0.15, -0.1) is 0 Å². The number of benzene rings is 10. The number of carbonyl (C=O) groups excluding carboxylic acids is 5. The van der Waals surface area contributed by atoms with Crippen LogP contribution in [0, 0.1) is 0 Å². The van der Waals surface area contributed by atoms with Gasteiger partial charge in [0, 0.05) is 54.7 Å². The highest BCUT2D eigenvalue weighted by molar-refractivity contribution is 9.12. The number of carbonyl (C=O) groups is 5. The van der Waals surface area contributed by atoms with Crippen molar-refractivity contribution in [3.05, 3.63) is 311 Å². The Morgan fingerprint density at radius 2 is 0.504 bits per heavy atom. The molecule has 0 amide bonds. The topological polar surface area (TPSA) is 353 Å². The van der Waals surface area contributed by atoms with Crippen molar-refractivity contribution in [3.8, 4) is 28.7 Å². The molecule has 0 radical (unpaired) electrons. The summed E-state index contributed by atoms with van der Waals surface area (Å²) in [4.78, 5) is 66.2. The summed E-state index contributed by atoms with van der Waals surface area (Å²) in [6, 6.07) is 8.50. The molecule has 0 bridgehead atoms. The maximum atomic E-state index is 13.4. The zero-order valence-electron chi connectivity index (χ0n) is 78.5. The van der Waals surface area contributed by atoms with Crippen LogP contribution >= 0.6 is 159 Å². The fraction of sp³-hybridized carbons (Fsp3) is 0.118. The maximum Gasteiger partial charge on any atom is 0.197 e. The van der Waals surface area contributed by atoms with Gasteiger partial charge in [0.15, 0.2) is 28.9 Å². The van der Waals surface area contributed by atoms with E-state index in [0.717, 1.165) is 13.0 Å². The first kappa shape index (κ1) is 63.9. The second kappa shape index (κ2) is 37.2. The van der Waals surface area contributed by atoms with Crippen LogP contribution in [0.2, 0.25) is 0 Å². The summed E-state index contributed by atoms with van der Waals surface area (Å²) >= 11 is 30.6. The lowest BCUT2D eigenvalue weighted by Crippen LogP contribution is -2.06. The van der Waals surface area contributed by atoms with Crippen LogP contribution < -0.4 is 0 Å². The Bertz CT molecular complexity index is 7520. The highest BCUT2D eigenvalue weighted by Gasteiger charge is 2.32. The molecule has 5 unspecified atom stereocenters. The fourth-order valence-electron chi connectivity index (χ4n) is 10.9. The predicted octanol–water partition coefficient (Wildman–Crippen LogP) is 24.7. The van der Waals surface area contributed by atoms with Crippen LogP contribution in [0.1, 0.15) is 201 Å². The van der Waals surface area contributed by atoms with Crippen molar-refractivity contribution in [2.45, 2.75) is 65.1 Å². The summed E-state index contributed by atoms with van der Waals surface area (Å²) in [6.45, 7) is 6.62. The van der Waals surface area contributed by atoms with Crippen LogP contribution in [0.3, 0.4) is 0 Å². The zero-order chi connectivity index (χ0) is 101. The van der Waals surface area contributed by atoms with Crippen LogP contribution in [0.4, 0.5) is 0 Å². The Morgan fingerprint density at radius 1 is 0.296 bits per heavy atom. The molecule has 0 saturated heterocycles. The number of rotatable bonds is 15. The molecule has 0 saturated carbocycles. The van der Waals surface area contributed by atoms with E-state index in [1.54, 1.807) is 48.5 Å². The van der Waals surface area contributed by atoms with Crippen molar-refractivity contribution in [2.75, 3.05) is 0 Å². The lowest BCUT2D eigenvalue weighted by Gasteiger charge is -2.07. The van der Waals surface area contributed by atoms with E-state index in [0.29, 0.717) is 26.4 Å². The zero-order valence-corrected chi connectivity index (χ0v) is 74.4. The number of ketones is 5. The number of aliphatic hydroxyl groups excluding tert-OH is 4. The number of aromatic hydroxyl groups is 5. The Morgan fingerprint density at radius 3 is 0.774 bits per heavy atom. The van der Waals surface area contributed by atoms with Crippen molar-refractivity contribution in [3.63, 3.8) is 0 Å². The minimum absolute atomic E-state index is 0.00474. The highest BCUT2D eigenvalue weighted by atomic mass is 79.9. The standard InChI is InChI=1S/5C17H12Br2O4/c5*1-8(20)17-14(10-4-2-3-5-13(10)23-17)15(21)9-6-11(18)16(22)12(19)7-9/h5*2-8,20,22H,1H3/i2D,3D,4D,5D,6D,8D;2D,3D,4D,5D,6D,7D;2D,3D,4D,5D,6D;6D,7D;6D. The quantitative estimate of drug-likeness (QED) is 0.0426. The molecule has 30 heteroatoms. The van der Waals surface area contributed by atoms with E-state index in [9.17, 15) is 75.0 Å². The lowest BCUT2D eigenvalue weighted by atomic mass is 9.98. The van der Waals surface area contributed by atoms with Gasteiger partial charge in [-0.1, -0.05) is 90.8 Å². The Kier molecular flexibility index (Phi) is 20.7. The smallest absolute Gasteiger partial charge is 0.197 e. The first-order valence-corrected chi connectivity index (χ1v) is 40.4. The lowest BCUT2D eigenvalue weighted by molar-refractivity contribution is 0.102. The molecule has 20 nitrogen and oxygen atoms in total. The molecule has 5 heterocycles. The van der Waals surface area contributed by atoms with E-state index in [1.165, 1.54) is 39.8 Å². The molecule has 10 aromatic carbocycles. The van der Waals surface area contributed by atoms with E-state index < -0.39 is 167 Å². The van der Waals surface area contributed by atoms with E-state index in [4.69, 9.17) is 49.5 Å². The minimum Gasteiger partial charge on any atom is -0.506 e. The van der Waals surface area contributed by atoms with Crippen molar-refractivity contribution >= 4 is 243 Å². The van der Waals surface area contributed by atoms with Gasteiger partial charge in [0.25, 0.3) is 0 Å². The van der Waals surface area contributed by atoms with Crippen molar-refractivity contribution < 1.29 is 125 Å². The number of para-hydroxylation sites is 5. The number of halogens is 10. The third-order valence-corrected chi connectivity index (χ3v) is 21.9. The number of fused-ring (bicyclic) bond motifs is 5. The molecule has 10 N–H and O–H groups in total. The minimum atomic E-state index is -2.44. The number of furan rings is 5. The van der Waals surface area contributed by atoms with Crippen molar-refractivity contribution in [1.29, 1.82) is 0 Å². The molecule has 0 aliphatic rings. The number of hydrogen-bond acceptors (Lipinski definition) is 20. The second-order valence-corrected chi connectivity index (χ2v) is 32.1. The molecule has 115 heavy (non-hydrogen) atoms. The third-order valence-electron chi connectivity index (χ3n) is 16.1. The molecule has 15 aromatic rings. The van der Waals surface area contributed by atoms with E-state index in [2.05, 4.69) is 159 Å². The predicted molar refractivity (Wildman–Crippen MR) is 469 cm³/mol. The monoisotopic (exact) mass is 2210 g/mol. The largest absolute Gasteiger partial charge is 0.506 e. The summed E-state index contributed by atoms with van der Waals surface area (Å²) in [5, 5.41) is 100. The molecule has 0 spiro atoms. The van der Waals surface area contributed by atoms with Crippen LogP contribution in [-0.2, 0) is 0 Å². The van der Waals surface area contributed by atoms with Crippen LogP contribution in [0.15, 0.2) is 248 Å². The number of aliphatic hydroxyl groups is 5. The van der Waals surface area contributed by atoms with Crippen molar-refractivity contribution in [1.82, 2.24) is 0 Å². The summed E-state index contributed by atoms with van der Waals surface area (Å²) in [6.07, 6.45) is -7.10. The van der Waals surface area contributed by atoms with E-state index in [1.807, 2.05) is 0 Å². The van der Waals surface area contributed by atoms with E-state index in [-0.39, 0.29) is 194 Å². The third kappa shape index (κ3) is 18.7. The first-order valence-electron chi connectivity index (χ1n) is 42.4. The van der Waals surface area contributed by atoms with Gasteiger partial charge in [0.1, 0.15) is 116 Å². The van der Waals surface area contributed by atoms with Gasteiger partial charge in [0.05, 0.1) is 100.0 Å². The fourth-order valence-corrected chi connectivity index (χ4v) is 16.4. The van der Waals surface area contributed by atoms with Gasteiger partial charge >= 0.3 is 0 Å². The summed E-state index contributed by atoms with van der Waals surface area (Å²) in [5.41, 5.74) is -1.76. The van der Waals surface area contributed by atoms with Crippen LogP contribution in [0.5, 0.6) is 28.7 Å². The van der Waals surface area contributed by atoms with Gasteiger partial charge in [-0.2, -0.15) is 0 Å². The Labute approximate surface area is 765 Å². The molecule has 0 aliphatic heterocycles. The highest BCUT2D eigenvalue weighted by Crippen LogP contribution is 2.44. The van der Waals surface area contributed by atoms with Gasteiger partial charge in [-0.25, -0.2) is 0 Å². The van der Waals surface area contributed by atoms with Crippen LogP contribution in [-0.4, -0.2) is 80.0 Å². The molecule has 0 aliphatic carbocycles. The van der Waals surface area contributed by atoms with Crippen LogP contribution in [0.25, 0.3) is 54.8 Å². The normalized spacial score (nSPS) is 15.2. The molecule has 5 aromatic heterocycles. The SMILES string of the molecule is [2H]c1c(Br)c(O)c(Br)c([2H])c1C(=O)c1c(C(C)O)oc2c([2H])c([2H])c([2H])c([2H])c12.[2H]c1c(Br)c(O)c(Br)c([2H])c1C(=O)c1c(C(C)O)oc2ccccc12.[2H]c1c(C(=O)c2c(C(C)O)oc3c([2H])c([2H])c([2H])c([2H])c23)cc(Br)c(O)c1Br.[2H]c1c(C(=O)c2c(C(C)O)oc3ccccc23)cc(Br)c(O)c1Br.[2H]c1c(C(=O)c2c(C([2H])(C)O)oc3c([2H])c([2H])c([2H])c([2H])c23)cc(Br)c(O)c1Br. The first-order chi connectivity index (χ1) is 62.8. The van der Waals surface area contributed by atoms with E-state index >= 15 is 0 Å². The number of phenolic OH excluding ortho intramolecular Hbond substituents is 5. The number of hydrogen-bond donors (Lipinski definition) is 10. The Balaban J connectivity index is 0.000000163. The molecule has 5 atom stereocenters. The molecule has 0 fully saturated rings. The van der Waals surface area contributed by atoms with Crippen molar-refractivity contribution in [2.24, 2.45) is 0 Å². The Hall–Kier alpha value is -8.15. The average molecular weight is 2220 g/mol. The summed E-state index contributed by atoms with van der Waals surface area (Å²) in [5.74, 6) is -6.11. The van der Waals surface area contributed by atoms with Gasteiger partial charge in [0.2, 0.25) is 0 Å². The molecular weight excluding hydrogens is 2140 g/mol.